The molecule has 1 saturated heterocycles. The summed E-state index contributed by atoms with van der Waals surface area (Å²) in [4.78, 5) is 0. The van der Waals surface area contributed by atoms with Gasteiger partial charge < -0.3 is 9.47 Å². The van der Waals surface area contributed by atoms with Crippen molar-refractivity contribution in [3.8, 4) is 0 Å². The van der Waals surface area contributed by atoms with Crippen molar-refractivity contribution in [1.29, 1.82) is 0 Å². The van der Waals surface area contributed by atoms with Gasteiger partial charge in [-0.2, -0.15) is 0 Å². The van der Waals surface area contributed by atoms with Crippen LogP contribution in [0.3, 0.4) is 0 Å². The fraction of sp³-hybridized carbons (Fsp3) is 0.571. The molecule has 1 aromatic carbocycles. The first-order valence-corrected chi connectivity index (χ1v) is 6.32. The molecule has 2 nitrogen and oxygen atoms in total. The highest BCUT2D eigenvalue weighted by Crippen LogP contribution is 2.35. The Morgan fingerprint density at radius 1 is 1.06 bits per heavy atom. The van der Waals surface area contributed by atoms with Gasteiger partial charge in [0.1, 0.15) is 7.85 Å². The Morgan fingerprint density at radius 3 is 2.06 bits per heavy atom. The highest BCUT2D eigenvalue weighted by atomic mass is 16.7. The number of hydrogen-bond acceptors (Lipinski definition) is 2. The minimum Gasteiger partial charge on any atom is -0.345 e. The molecule has 1 aromatic rings. The maximum absolute atomic E-state index is 5.92. The van der Waals surface area contributed by atoms with Gasteiger partial charge in [0, 0.05) is 11.0 Å². The molecule has 3 heteroatoms. The van der Waals surface area contributed by atoms with Crippen molar-refractivity contribution < 1.29 is 9.47 Å². The number of ether oxygens (including phenoxy) is 2. The molecule has 0 N–H and O–H groups in total. The van der Waals surface area contributed by atoms with Crippen LogP contribution in [0.25, 0.3) is 0 Å². The maximum Gasteiger partial charge on any atom is 0.191 e. The van der Waals surface area contributed by atoms with E-state index in [0.29, 0.717) is 0 Å². The molecule has 2 rings (SSSR count). The van der Waals surface area contributed by atoms with Gasteiger partial charge in [-0.05, 0) is 6.92 Å². The second kappa shape index (κ2) is 4.47. The molecular formula is C14H21BO2. The summed E-state index contributed by atoms with van der Waals surface area (Å²) in [5.74, 6) is -0.582. The smallest absolute Gasteiger partial charge is 0.191 e. The number of hydrogen-bond donors (Lipinski definition) is 0. The van der Waals surface area contributed by atoms with Gasteiger partial charge in [0.2, 0.25) is 0 Å². The Hall–Kier alpha value is -0.795. The highest BCUT2D eigenvalue weighted by Gasteiger charge is 2.38. The van der Waals surface area contributed by atoms with Crippen LogP contribution in [0.15, 0.2) is 24.3 Å². The summed E-state index contributed by atoms with van der Waals surface area (Å²) in [6.07, 6.45) is 1.06. The summed E-state index contributed by atoms with van der Waals surface area (Å²) < 4.78 is 11.8. The molecular weight excluding hydrogens is 211 g/mol. The molecule has 0 unspecified atom stereocenters. The van der Waals surface area contributed by atoms with Crippen LogP contribution >= 0.6 is 0 Å². The number of benzene rings is 1. The zero-order valence-electron chi connectivity index (χ0n) is 11.2. The van der Waals surface area contributed by atoms with E-state index < -0.39 is 5.79 Å². The van der Waals surface area contributed by atoms with Crippen LogP contribution in [0, 0.1) is 5.41 Å². The molecule has 1 fully saturated rings. The van der Waals surface area contributed by atoms with E-state index in [1.165, 1.54) is 5.56 Å². The van der Waals surface area contributed by atoms with E-state index in [1.807, 2.05) is 6.92 Å². The molecule has 17 heavy (non-hydrogen) atoms. The van der Waals surface area contributed by atoms with Crippen molar-refractivity contribution in [2.45, 2.75) is 32.9 Å². The molecule has 0 atom stereocenters. The minimum absolute atomic E-state index is 0.114. The first kappa shape index (κ1) is 12.7. The van der Waals surface area contributed by atoms with Gasteiger partial charge in [-0.15, -0.1) is 0 Å². The van der Waals surface area contributed by atoms with Gasteiger partial charge in [-0.25, -0.2) is 0 Å². The van der Waals surface area contributed by atoms with E-state index in [4.69, 9.17) is 9.47 Å². The van der Waals surface area contributed by atoms with Crippen molar-refractivity contribution in [3.63, 3.8) is 0 Å². The standard InChI is InChI=1S/C14H21BO2/c1-13(2)9-16-14(3,17-10-13)12-6-4-11(8-15)5-7-12/h4-7H,8-10,15H2,1-3H3. The zero-order chi connectivity index (χ0) is 12.5. The monoisotopic (exact) mass is 232 g/mol. The van der Waals surface area contributed by atoms with Crippen molar-refractivity contribution in [3.05, 3.63) is 35.4 Å². The lowest BCUT2D eigenvalue weighted by Crippen LogP contribution is -2.43. The molecule has 0 bridgehead atoms. The van der Waals surface area contributed by atoms with E-state index in [9.17, 15) is 0 Å². The zero-order valence-corrected chi connectivity index (χ0v) is 11.2. The summed E-state index contributed by atoms with van der Waals surface area (Å²) >= 11 is 0. The third-order valence-electron chi connectivity index (χ3n) is 3.36. The van der Waals surface area contributed by atoms with Crippen LogP contribution < -0.4 is 0 Å². The van der Waals surface area contributed by atoms with E-state index in [2.05, 4.69) is 46.0 Å². The third-order valence-corrected chi connectivity index (χ3v) is 3.36. The lowest BCUT2D eigenvalue weighted by atomic mass is 9.92. The van der Waals surface area contributed by atoms with Crippen molar-refractivity contribution >= 4 is 7.85 Å². The van der Waals surface area contributed by atoms with Gasteiger partial charge in [-0.3, -0.25) is 0 Å². The van der Waals surface area contributed by atoms with E-state index in [0.717, 1.165) is 25.1 Å². The van der Waals surface area contributed by atoms with E-state index in [-0.39, 0.29) is 5.41 Å². The summed E-state index contributed by atoms with van der Waals surface area (Å²) in [6.45, 7) is 7.79. The lowest BCUT2D eigenvalue weighted by molar-refractivity contribution is -0.298. The minimum atomic E-state index is -0.582. The predicted octanol–water partition coefficient (Wildman–Crippen LogP) is 2.07. The summed E-state index contributed by atoms with van der Waals surface area (Å²) in [5, 5.41) is 0. The summed E-state index contributed by atoms with van der Waals surface area (Å²) in [5.41, 5.74) is 2.56. The first-order valence-electron chi connectivity index (χ1n) is 6.32. The first-order chi connectivity index (χ1) is 7.95. The van der Waals surface area contributed by atoms with Crippen LogP contribution in [0.2, 0.25) is 0 Å². The van der Waals surface area contributed by atoms with Gasteiger partial charge in [0.05, 0.1) is 13.2 Å². The van der Waals surface area contributed by atoms with Crippen LogP contribution in [0.4, 0.5) is 0 Å². The fourth-order valence-electron chi connectivity index (χ4n) is 1.96. The van der Waals surface area contributed by atoms with E-state index >= 15 is 0 Å². The quantitative estimate of drug-likeness (QED) is 0.726. The average Bonchev–Trinajstić information content (AvgIpc) is 2.34. The van der Waals surface area contributed by atoms with Gasteiger partial charge in [0.25, 0.3) is 0 Å². The Bertz CT molecular complexity index is 374. The summed E-state index contributed by atoms with van der Waals surface area (Å²) in [6, 6.07) is 8.51. The topological polar surface area (TPSA) is 18.5 Å². The lowest BCUT2D eigenvalue weighted by Gasteiger charge is -2.41. The molecule has 0 spiro atoms. The molecule has 1 aliphatic rings. The second-order valence-electron chi connectivity index (χ2n) is 5.74. The van der Waals surface area contributed by atoms with Crippen LogP contribution in [-0.2, 0) is 21.6 Å². The maximum atomic E-state index is 5.92. The Kier molecular flexibility index (Phi) is 3.33. The Labute approximate surface area is 105 Å². The normalized spacial score (nSPS) is 22.3. The SMILES string of the molecule is BCc1ccc(C2(C)OCC(C)(C)CO2)cc1. The molecule has 1 aliphatic heterocycles. The van der Waals surface area contributed by atoms with Crippen LogP contribution in [0.5, 0.6) is 0 Å². The largest absolute Gasteiger partial charge is 0.345 e. The van der Waals surface area contributed by atoms with Gasteiger partial charge in [0.15, 0.2) is 5.79 Å². The van der Waals surface area contributed by atoms with Gasteiger partial charge in [-0.1, -0.05) is 50.0 Å². The van der Waals surface area contributed by atoms with Crippen molar-refractivity contribution in [1.82, 2.24) is 0 Å². The fourth-order valence-corrected chi connectivity index (χ4v) is 1.96. The van der Waals surface area contributed by atoms with Crippen LogP contribution in [-0.4, -0.2) is 21.1 Å². The molecule has 0 saturated carbocycles. The van der Waals surface area contributed by atoms with Gasteiger partial charge >= 0.3 is 0 Å². The highest BCUT2D eigenvalue weighted by molar-refractivity contribution is 6.08. The van der Waals surface area contributed by atoms with Crippen molar-refractivity contribution in [2.75, 3.05) is 13.2 Å². The number of rotatable bonds is 2. The molecule has 0 amide bonds. The average molecular weight is 232 g/mol. The summed E-state index contributed by atoms with van der Waals surface area (Å²) in [7, 11) is 2.16. The second-order valence-corrected chi connectivity index (χ2v) is 5.74. The molecule has 92 valence electrons. The van der Waals surface area contributed by atoms with Crippen LogP contribution in [0.1, 0.15) is 31.9 Å². The Morgan fingerprint density at radius 2 is 1.59 bits per heavy atom. The molecule has 0 aliphatic carbocycles. The van der Waals surface area contributed by atoms with Crippen molar-refractivity contribution in [2.24, 2.45) is 5.41 Å². The molecule has 1 heterocycles. The molecule has 0 aromatic heterocycles. The third kappa shape index (κ3) is 2.72. The Balaban J connectivity index is 2.15. The van der Waals surface area contributed by atoms with E-state index in [1.54, 1.807) is 0 Å². The molecule has 0 radical (unpaired) electrons. The predicted molar refractivity (Wildman–Crippen MR) is 71.7 cm³/mol.